The van der Waals surface area contributed by atoms with Crippen LogP contribution >= 0.6 is 12.2 Å². The van der Waals surface area contributed by atoms with Crippen molar-refractivity contribution in [3.05, 3.63) is 16.7 Å². The monoisotopic (exact) mass is 238 g/mol. The third-order valence-electron chi connectivity index (χ3n) is 3.84. The van der Waals surface area contributed by atoms with E-state index >= 15 is 0 Å². The zero-order chi connectivity index (χ0) is 12.0. The van der Waals surface area contributed by atoms with Crippen LogP contribution in [0.15, 0.2) is 6.20 Å². The molecule has 0 bridgehead atoms. The Hall–Kier alpha value is -0.570. The topological polar surface area (TPSA) is 20.7 Å². The van der Waals surface area contributed by atoms with Gasteiger partial charge >= 0.3 is 0 Å². The van der Waals surface area contributed by atoms with E-state index in [0.717, 1.165) is 11.3 Å². The van der Waals surface area contributed by atoms with Crippen molar-refractivity contribution in [1.82, 2.24) is 9.55 Å². The second-order valence-corrected chi connectivity index (χ2v) is 6.56. The molecule has 0 aromatic carbocycles. The molecular weight excluding hydrogens is 216 g/mol. The standard InChI is InChI=1S/C13H22N2S/c1-5-13(6-7-13)9-15-10(12(2,3)4)8-14-11(15)16/h8H,5-7,9H2,1-4H3,(H,14,16). The van der Waals surface area contributed by atoms with E-state index in [9.17, 15) is 0 Å². The SMILES string of the molecule is CCC1(Cn2c(C(C)(C)C)c[nH]c2=S)CC1. The third-order valence-corrected chi connectivity index (χ3v) is 4.18. The van der Waals surface area contributed by atoms with E-state index in [2.05, 4.69) is 43.4 Å². The Morgan fingerprint density at radius 2 is 2.06 bits per heavy atom. The Kier molecular flexibility index (Phi) is 2.77. The summed E-state index contributed by atoms with van der Waals surface area (Å²) in [7, 11) is 0. The molecule has 2 rings (SSSR count). The van der Waals surface area contributed by atoms with E-state index in [1.54, 1.807) is 0 Å². The predicted molar refractivity (Wildman–Crippen MR) is 70.3 cm³/mol. The van der Waals surface area contributed by atoms with Crippen molar-refractivity contribution in [3.63, 3.8) is 0 Å². The van der Waals surface area contributed by atoms with Gasteiger partial charge in [0.05, 0.1) is 0 Å². The van der Waals surface area contributed by atoms with E-state index < -0.39 is 0 Å². The molecule has 2 nitrogen and oxygen atoms in total. The molecule has 0 amide bonds. The molecule has 1 heterocycles. The van der Waals surface area contributed by atoms with Crippen molar-refractivity contribution >= 4 is 12.2 Å². The van der Waals surface area contributed by atoms with Crippen molar-refractivity contribution in [3.8, 4) is 0 Å². The first-order valence-corrected chi connectivity index (χ1v) is 6.57. The van der Waals surface area contributed by atoms with Crippen molar-refractivity contribution < 1.29 is 0 Å². The van der Waals surface area contributed by atoms with E-state index in [1.807, 2.05) is 0 Å². The largest absolute Gasteiger partial charge is 0.337 e. The van der Waals surface area contributed by atoms with Gasteiger partial charge in [0, 0.05) is 23.9 Å². The van der Waals surface area contributed by atoms with Crippen LogP contribution in [0.25, 0.3) is 0 Å². The predicted octanol–water partition coefficient (Wildman–Crippen LogP) is 4.03. The minimum atomic E-state index is 0.164. The summed E-state index contributed by atoms with van der Waals surface area (Å²) in [6.45, 7) is 10.1. The number of rotatable bonds is 3. The zero-order valence-electron chi connectivity index (χ0n) is 10.8. The van der Waals surface area contributed by atoms with Gasteiger partial charge in [0.15, 0.2) is 4.77 Å². The fraction of sp³-hybridized carbons (Fsp3) is 0.769. The van der Waals surface area contributed by atoms with Crippen LogP contribution in [0.5, 0.6) is 0 Å². The van der Waals surface area contributed by atoms with Crippen molar-refractivity contribution in [2.75, 3.05) is 0 Å². The van der Waals surface area contributed by atoms with Crippen LogP contribution in [-0.4, -0.2) is 9.55 Å². The number of imidazole rings is 1. The molecule has 0 aliphatic heterocycles. The summed E-state index contributed by atoms with van der Waals surface area (Å²) in [5, 5.41) is 0. The first kappa shape index (κ1) is 11.9. The molecule has 1 aromatic rings. The Labute approximate surface area is 103 Å². The normalized spacial score (nSPS) is 18.8. The molecule has 1 N–H and O–H groups in total. The summed E-state index contributed by atoms with van der Waals surface area (Å²) >= 11 is 5.39. The van der Waals surface area contributed by atoms with Crippen LogP contribution < -0.4 is 0 Å². The van der Waals surface area contributed by atoms with Gasteiger partial charge in [0.1, 0.15) is 0 Å². The zero-order valence-corrected chi connectivity index (χ0v) is 11.6. The molecule has 3 heteroatoms. The maximum Gasteiger partial charge on any atom is 0.177 e. The van der Waals surface area contributed by atoms with E-state index in [4.69, 9.17) is 12.2 Å². The Morgan fingerprint density at radius 1 is 1.44 bits per heavy atom. The molecule has 1 fully saturated rings. The van der Waals surface area contributed by atoms with Gasteiger partial charge in [-0.3, -0.25) is 0 Å². The Bertz CT molecular complexity index is 430. The first-order chi connectivity index (χ1) is 7.38. The smallest absolute Gasteiger partial charge is 0.177 e. The summed E-state index contributed by atoms with van der Waals surface area (Å²) in [5.41, 5.74) is 2.04. The molecule has 0 atom stereocenters. The highest BCUT2D eigenvalue weighted by Crippen LogP contribution is 2.50. The number of nitrogens with one attached hydrogen (secondary N) is 1. The first-order valence-electron chi connectivity index (χ1n) is 6.17. The molecule has 1 aromatic heterocycles. The highest BCUT2D eigenvalue weighted by atomic mass is 32.1. The maximum atomic E-state index is 5.39. The van der Waals surface area contributed by atoms with Gasteiger partial charge in [-0.05, 0) is 36.9 Å². The lowest BCUT2D eigenvalue weighted by molar-refractivity contribution is 0.383. The second kappa shape index (κ2) is 3.73. The summed E-state index contributed by atoms with van der Waals surface area (Å²) in [6.07, 6.45) is 6.07. The molecule has 0 spiro atoms. The van der Waals surface area contributed by atoms with Gasteiger partial charge in [-0.2, -0.15) is 0 Å². The summed E-state index contributed by atoms with van der Waals surface area (Å²) in [4.78, 5) is 3.20. The van der Waals surface area contributed by atoms with Gasteiger partial charge in [0.2, 0.25) is 0 Å². The van der Waals surface area contributed by atoms with Crippen LogP contribution in [0.1, 0.15) is 52.7 Å². The molecule has 0 saturated heterocycles. The van der Waals surface area contributed by atoms with Crippen LogP contribution in [-0.2, 0) is 12.0 Å². The van der Waals surface area contributed by atoms with Crippen molar-refractivity contribution in [2.45, 2.75) is 58.9 Å². The molecule has 0 radical (unpaired) electrons. The molecule has 0 unspecified atom stereocenters. The van der Waals surface area contributed by atoms with Gasteiger partial charge in [-0.15, -0.1) is 0 Å². The molecule has 1 aliphatic carbocycles. The van der Waals surface area contributed by atoms with Gasteiger partial charge in [0.25, 0.3) is 0 Å². The summed E-state index contributed by atoms with van der Waals surface area (Å²) in [5.74, 6) is 0. The third kappa shape index (κ3) is 2.10. The number of hydrogen-bond donors (Lipinski definition) is 1. The molecule has 16 heavy (non-hydrogen) atoms. The quantitative estimate of drug-likeness (QED) is 0.788. The number of aromatic nitrogens is 2. The lowest BCUT2D eigenvalue weighted by Gasteiger charge is -2.23. The lowest BCUT2D eigenvalue weighted by Crippen LogP contribution is -2.21. The van der Waals surface area contributed by atoms with Crippen molar-refractivity contribution in [1.29, 1.82) is 0 Å². The second-order valence-electron chi connectivity index (χ2n) is 6.17. The van der Waals surface area contributed by atoms with Gasteiger partial charge in [-0.1, -0.05) is 27.7 Å². The molecule has 1 aliphatic rings. The summed E-state index contributed by atoms with van der Waals surface area (Å²) < 4.78 is 3.19. The summed E-state index contributed by atoms with van der Waals surface area (Å²) in [6, 6.07) is 0. The minimum absolute atomic E-state index is 0.164. The maximum absolute atomic E-state index is 5.39. The van der Waals surface area contributed by atoms with Crippen LogP contribution in [0.4, 0.5) is 0 Å². The molecule has 90 valence electrons. The van der Waals surface area contributed by atoms with E-state index in [0.29, 0.717) is 5.41 Å². The molecular formula is C13H22N2S. The van der Waals surface area contributed by atoms with Gasteiger partial charge < -0.3 is 9.55 Å². The van der Waals surface area contributed by atoms with E-state index in [-0.39, 0.29) is 5.41 Å². The number of nitrogens with zero attached hydrogens (tertiary/aromatic N) is 1. The highest BCUT2D eigenvalue weighted by molar-refractivity contribution is 7.71. The average molecular weight is 238 g/mol. The molecule has 1 saturated carbocycles. The lowest BCUT2D eigenvalue weighted by atomic mass is 9.92. The van der Waals surface area contributed by atoms with E-state index in [1.165, 1.54) is 25.0 Å². The number of hydrogen-bond acceptors (Lipinski definition) is 1. The fourth-order valence-electron chi connectivity index (χ4n) is 2.31. The van der Waals surface area contributed by atoms with Crippen LogP contribution in [0.3, 0.4) is 0 Å². The van der Waals surface area contributed by atoms with Crippen molar-refractivity contribution in [2.24, 2.45) is 5.41 Å². The fourth-order valence-corrected chi connectivity index (χ4v) is 2.53. The number of H-pyrrole nitrogens is 1. The highest BCUT2D eigenvalue weighted by Gasteiger charge is 2.41. The minimum Gasteiger partial charge on any atom is -0.337 e. The van der Waals surface area contributed by atoms with Gasteiger partial charge in [-0.25, -0.2) is 0 Å². The Morgan fingerprint density at radius 3 is 2.50 bits per heavy atom. The average Bonchev–Trinajstić information content (AvgIpc) is 2.86. The number of aromatic amines is 1. The van der Waals surface area contributed by atoms with Crippen LogP contribution in [0.2, 0.25) is 0 Å². The Balaban J connectivity index is 2.33. The van der Waals surface area contributed by atoms with Crippen LogP contribution in [0, 0.1) is 10.2 Å².